The Morgan fingerprint density at radius 2 is 1.92 bits per heavy atom. The molecule has 0 spiro atoms. The smallest absolute Gasteiger partial charge is 0.297 e. The predicted octanol–water partition coefficient (Wildman–Crippen LogP) is 3.59. The van der Waals surface area contributed by atoms with Crippen molar-refractivity contribution < 1.29 is 13.6 Å². The molecule has 0 unspecified atom stereocenters. The minimum Gasteiger partial charge on any atom is -0.351 e. The number of pyridine rings is 1. The quantitative estimate of drug-likeness (QED) is 0.743. The molecule has 1 N–H and O–H groups in total. The van der Waals surface area contributed by atoms with E-state index in [1.165, 1.54) is 12.3 Å². The maximum Gasteiger partial charge on any atom is 0.297 e. The van der Waals surface area contributed by atoms with Gasteiger partial charge in [0.15, 0.2) is 5.65 Å². The van der Waals surface area contributed by atoms with Gasteiger partial charge in [-0.3, -0.25) is 9.20 Å². The summed E-state index contributed by atoms with van der Waals surface area (Å²) in [5.41, 5.74) is 1.72. The molecule has 2 heterocycles. The van der Waals surface area contributed by atoms with Crippen molar-refractivity contribution in [1.29, 1.82) is 0 Å². The first-order valence-corrected chi connectivity index (χ1v) is 8.06. The fourth-order valence-corrected chi connectivity index (χ4v) is 2.73. The lowest BCUT2D eigenvalue weighted by Crippen LogP contribution is -2.28. The molecule has 7 heteroatoms. The Bertz CT molecular complexity index is 864. The van der Waals surface area contributed by atoms with E-state index in [0.29, 0.717) is 6.54 Å². The number of amides is 1. The Kier molecular flexibility index (Phi) is 5.02. The van der Waals surface area contributed by atoms with E-state index in [0.717, 1.165) is 16.4 Å². The van der Waals surface area contributed by atoms with Crippen LogP contribution in [0.25, 0.3) is 5.65 Å². The van der Waals surface area contributed by atoms with Gasteiger partial charge in [-0.2, -0.15) is 0 Å². The van der Waals surface area contributed by atoms with Crippen molar-refractivity contribution in [3.8, 4) is 0 Å². The highest BCUT2D eigenvalue weighted by Crippen LogP contribution is 2.19. The number of rotatable bonds is 6. The summed E-state index contributed by atoms with van der Waals surface area (Å²) < 4.78 is 27.0. The van der Waals surface area contributed by atoms with Gasteiger partial charge in [-0.25, -0.2) is 8.78 Å². The first-order valence-electron chi connectivity index (χ1n) is 8.06. The topological polar surface area (TPSA) is 59.3 Å². The normalized spacial score (nSPS) is 12.5. The molecule has 2 aromatic heterocycles. The molecular formula is C18H18F2N4O. The summed E-state index contributed by atoms with van der Waals surface area (Å²) in [5.74, 6) is -0.592. The minimum absolute atomic E-state index is 0.195. The summed E-state index contributed by atoms with van der Waals surface area (Å²) >= 11 is 0. The zero-order valence-electron chi connectivity index (χ0n) is 13.7. The van der Waals surface area contributed by atoms with Crippen LogP contribution in [0.15, 0.2) is 48.7 Å². The van der Waals surface area contributed by atoms with Crippen molar-refractivity contribution in [2.24, 2.45) is 0 Å². The number of halogens is 2. The molecule has 130 valence electrons. The number of nitrogens with one attached hydrogen (secondary N) is 1. The second-order valence-corrected chi connectivity index (χ2v) is 5.73. The van der Waals surface area contributed by atoms with Crippen molar-refractivity contribution in [2.75, 3.05) is 6.54 Å². The molecular weight excluding hydrogens is 326 g/mol. The van der Waals surface area contributed by atoms with Gasteiger partial charge in [-0.15, -0.1) is 10.2 Å². The Hall–Kier alpha value is -2.83. The molecule has 0 radical (unpaired) electrons. The molecule has 3 aromatic rings. The number of carbonyl (C=O) groups is 1. The fourth-order valence-electron chi connectivity index (χ4n) is 2.73. The van der Waals surface area contributed by atoms with Crippen molar-refractivity contribution in [2.45, 2.75) is 25.7 Å². The van der Waals surface area contributed by atoms with E-state index >= 15 is 0 Å². The van der Waals surface area contributed by atoms with E-state index in [1.807, 2.05) is 30.3 Å². The van der Waals surface area contributed by atoms with E-state index < -0.39 is 12.2 Å². The Morgan fingerprint density at radius 1 is 1.16 bits per heavy atom. The second-order valence-electron chi connectivity index (χ2n) is 5.73. The average molecular weight is 344 g/mol. The van der Waals surface area contributed by atoms with Crippen LogP contribution in [0.4, 0.5) is 8.78 Å². The van der Waals surface area contributed by atoms with E-state index in [2.05, 4.69) is 22.4 Å². The molecule has 0 saturated carbocycles. The first kappa shape index (κ1) is 17.0. The average Bonchev–Trinajstić information content (AvgIpc) is 3.06. The molecule has 1 atom stereocenters. The molecule has 3 rings (SSSR count). The third-order valence-corrected chi connectivity index (χ3v) is 4.16. The van der Waals surface area contributed by atoms with Crippen molar-refractivity contribution in [3.63, 3.8) is 0 Å². The van der Waals surface area contributed by atoms with Gasteiger partial charge < -0.3 is 5.32 Å². The van der Waals surface area contributed by atoms with Crippen LogP contribution >= 0.6 is 0 Å². The number of fused-ring (bicyclic) bond motifs is 1. The SMILES string of the molecule is CC[C@H](CNC(=O)c1ccc2nnc(C(F)F)n2c1)c1ccccc1. The minimum atomic E-state index is -2.75. The number of aromatic nitrogens is 3. The number of hydrogen-bond donors (Lipinski definition) is 1. The summed E-state index contributed by atoms with van der Waals surface area (Å²) in [6, 6.07) is 13.0. The zero-order valence-corrected chi connectivity index (χ0v) is 13.7. The van der Waals surface area contributed by atoms with E-state index in [-0.39, 0.29) is 23.0 Å². The van der Waals surface area contributed by atoms with Crippen LogP contribution in [-0.2, 0) is 0 Å². The standard InChI is InChI=1S/C18H18F2N4O/c1-2-12(13-6-4-3-5-7-13)10-21-18(25)14-8-9-15-22-23-17(16(19)20)24(15)11-14/h3-9,11-12,16H,2,10H2,1H3,(H,21,25)/t12-/m1/s1. The van der Waals surface area contributed by atoms with Gasteiger partial charge in [-0.05, 0) is 24.1 Å². The summed E-state index contributed by atoms with van der Waals surface area (Å²) in [7, 11) is 0. The molecule has 0 aliphatic heterocycles. The van der Waals surface area contributed by atoms with Crippen LogP contribution in [0, 0.1) is 0 Å². The van der Waals surface area contributed by atoms with Crippen molar-refractivity contribution in [3.05, 3.63) is 65.6 Å². The molecule has 0 saturated heterocycles. The third-order valence-electron chi connectivity index (χ3n) is 4.16. The molecule has 1 aromatic carbocycles. The molecule has 0 fully saturated rings. The van der Waals surface area contributed by atoms with Gasteiger partial charge >= 0.3 is 0 Å². The number of alkyl halides is 2. The predicted molar refractivity (Wildman–Crippen MR) is 89.8 cm³/mol. The van der Waals surface area contributed by atoms with E-state index in [4.69, 9.17) is 0 Å². The Labute approximate surface area is 143 Å². The van der Waals surface area contributed by atoms with Gasteiger partial charge in [0.2, 0.25) is 5.82 Å². The number of benzene rings is 1. The highest BCUT2D eigenvalue weighted by molar-refractivity contribution is 5.94. The highest BCUT2D eigenvalue weighted by Gasteiger charge is 2.17. The van der Waals surface area contributed by atoms with Crippen LogP contribution in [0.5, 0.6) is 0 Å². The number of hydrogen-bond acceptors (Lipinski definition) is 3. The fraction of sp³-hybridized carbons (Fsp3) is 0.278. The van der Waals surface area contributed by atoms with Gasteiger partial charge in [0, 0.05) is 18.7 Å². The van der Waals surface area contributed by atoms with Crippen LogP contribution < -0.4 is 5.32 Å². The summed E-state index contributed by atoms with van der Waals surface area (Å²) in [6.07, 6.45) is -0.532. The van der Waals surface area contributed by atoms with Gasteiger partial charge in [-0.1, -0.05) is 37.3 Å². The lowest BCUT2D eigenvalue weighted by Gasteiger charge is -2.16. The monoisotopic (exact) mass is 344 g/mol. The molecule has 0 aliphatic rings. The van der Waals surface area contributed by atoms with Gasteiger partial charge in [0.1, 0.15) is 0 Å². The Morgan fingerprint density at radius 3 is 2.60 bits per heavy atom. The summed E-state index contributed by atoms with van der Waals surface area (Å²) in [6.45, 7) is 2.53. The lowest BCUT2D eigenvalue weighted by atomic mass is 9.96. The summed E-state index contributed by atoms with van der Waals surface area (Å²) in [5, 5.41) is 10.00. The van der Waals surface area contributed by atoms with Crippen LogP contribution in [0.3, 0.4) is 0 Å². The van der Waals surface area contributed by atoms with Crippen LogP contribution in [0.1, 0.15) is 47.4 Å². The zero-order chi connectivity index (χ0) is 17.8. The largest absolute Gasteiger partial charge is 0.351 e. The van der Waals surface area contributed by atoms with E-state index in [1.54, 1.807) is 6.07 Å². The second kappa shape index (κ2) is 7.38. The highest BCUT2D eigenvalue weighted by atomic mass is 19.3. The van der Waals surface area contributed by atoms with Crippen LogP contribution in [-0.4, -0.2) is 27.0 Å². The molecule has 25 heavy (non-hydrogen) atoms. The molecule has 0 bridgehead atoms. The number of carbonyl (C=O) groups excluding carboxylic acids is 1. The number of nitrogens with zero attached hydrogens (tertiary/aromatic N) is 3. The van der Waals surface area contributed by atoms with Crippen LogP contribution in [0.2, 0.25) is 0 Å². The maximum absolute atomic E-state index is 12.9. The van der Waals surface area contributed by atoms with Gasteiger partial charge in [0.25, 0.3) is 12.3 Å². The van der Waals surface area contributed by atoms with Crippen molar-refractivity contribution >= 4 is 11.6 Å². The molecule has 0 aliphatic carbocycles. The third kappa shape index (κ3) is 3.65. The van der Waals surface area contributed by atoms with E-state index in [9.17, 15) is 13.6 Å². The van der Waals surface area contributed by atoms with Gasteiger partial charge in [0.05, 0.1) is 5.56 Å². The molecule has 1 amide bonds. The first-order chi connectivity index (χ1) is 12.1. The van der Waals surface area contributed by atoms with Crippen molar-refractivity contribution in [1.82, 2.24) is 19.9 Å². The molecule has 5 nitrogen and oxygen atoms in total. The Balaban J connectivity index is 1.74. The maximum atomic E-state index is 12.9. The summed E-state index contributed by atoms with van der Waals surface area (Å²) in [4.78, 5) is 12.4. The lowest BCUT2D eigenvalue weighted by molar-refractivity contribution is 0.0950.